The summed E-state index contributed by atoms with van der Waals surface area (Å²) in [7, 11) is 3.66. The molecule has 0 unspecified atom stereocenters. The van der Waals surface area contributed by atoms with Gasteiger partial charge in [0.2, 0.25) is 11.8 Å². The van der Waals surface area contributed by atoms with E-state index in [9.17, 15) is 18.4 Å². The van der Waals surface area contributed by atoms with Gasteiger partial charge in [0, 0.05) is 60.2 Å². The van der Waals surface area contributed by atoms with E-state index in [4.69, 9.17) is 0 Å². The lowest BCUT2D eigenvalue weighted by Gasteiger charge is -2.52. The first kappa shape index (κ1) is 33.3. The first-order chi connectivity index (χ1) is 25.5. The molecule has 268 valence electrons. The van der Waals surface area contributed by atoms with Crippen LogP contribution in [0, 0.1) is 23.0 Å². The molecule has 53 heavy (non-hydrogen) atoms. The Labute approximate surface area is 305 Å². The molecule has 0 radical (unpaired) electrons. The maximum Gasteiger partial charge on any atom is 0.250 e. The molecular weight excluding hydrogens is 676 g/mol. The Bertz CT molecular complexity index is 2260. The number of halogens is 2. The van der Waals surface area contributed by atoms with Gasteiger partial charge < -0.3 is 15.5 Å². The Hall–Kier alpha value is -5.52. The molecule has 2 N–H and O–H groups in total. The second kappa shape index (κ2) is 11.7. The number of hydrogen-bond acceptors (Lipinski definition) is 6. The largest absolute Gasteiger partial charge is 0.337 e. The molecule has 5 aliphatic rings. The van der Waals surface area contributed by atoms with Crippen molar-refractivity contribution in [1.29, 1.82) is 0 Å². The van der Waals surface area contributed by atoms with E-state index in [1.165, 1.54) is 24.3 Å². The summed E-state index contributed by atoms with van der Waals surface area (Å²) in [5.41, 5.74) is -0.426. The van der Waals surface area contributed by atoms with Gasteiger partial charge in [0.25, 0.3) is 5.91 Å². The predicted molar refractivity (Wildman–Crippen MR) is 194 cm³/mol. The summed E-state index contributed by atoms with van der Waals surface area (Å²) >= 11 is 0. The van der Waals surface area contributed by atoms with E-state index in [1.54, 1.807) is 41.3 Å². The monoisotopic (exact) mass is 713 g/mol. The number of Topliss-reactive ketones (excluding diaryl/α,β-unsaturated/α-hetero) is 1. The third kappa shape index (κ3) is 4.34. The number of fused-ring (bicyclic) bond motifs is 5. The lowest BCUT2D eigenvalue weighted by molar-refractivity contribution is -0.155. The highest BCUT2D eigenvalue weighted by molar-refractivity contribution is 6.16. The maximum absolute atomic E-state index is 15.7. The number of hydrogen-bond donors (Lipinski definition) is 2. The summed E-state index contributed by atoms with van der Waals surface area (Å²) in [6.07, 6.45) is 2.06. The SMILES string of the molecule is CN1CC[C@@H](C(=O)N2C/C(=C\c3ccc(F)cc3)C(=O)[C@@]3(C2)[C@H](c2ccc(F)cc2)CN(C)[C@]32C(=O)Nc3ccccc32)[C@@]12C(=O)Nc1ccccc12. The first-order valence-corrected chi connectivity index (χ1v) is 17.8. The van der Waals surface area contributed by atoms with E-state index in [1.807, 2.05) is 66.4 Å². The summed E-state index contributed by atoms with van der Waals surface area (Å²) in [5.74, 6) is -3.66. The number of piperidine rings is 1. The Kier molecular flexibility index (Phi) is 7.38. The quantitative estimate of drug-likeness (QED) is 0.286. The highest BCUT2D eigenvalue weighted by Gasteiger charge is 2.75. The van der Waals surface area contributed by atoms with Crippen LogP contribution in [0.3, 0.4) is 0 Å². The second-order valence-corrected chi connectivity index (χ2v) is 14.9. The number of nitrogens with zero attached hydrogens (tertiary/aromatic N) is 3. The van der Waals surface area contributed by atoms with E-state index in [0.29, 0.717) is 41.0 Å². The number of likely N-dealkylation sites (N-methyl/N-ethyl adjacent to an activating group) is 2. The smallest absolute Gasteiger partial charge is 0.250 e. The van der Waals surface area contributed by atoms with Crippen molar-refractivity contribution >= 4 is 41.0 Å². The molecule has 0 aromatic heterocycles. The molecule has 3 saturated heterocycles. The minimum atomic E-state index is -1.61. The Morgan fingerprint density at radius 2 is 1.38 bits per heavy atom. The zero-order valence-corrected chi connectivity index (χ0v) is 29.2. The van der Waals surface area contributed by atoms with E-state index in [2.05, 4.69) is 10.6 Å². The van der Waals surface area contributed by atoms with Gasteiger partial charge in [0.1, 0.15) is 22.7 Å². The van der Waals surface area contributed by atoms with Crippen molar-refractivity contribution in [3.8, 4) is 0 Å². The molecule has 9 rings (SSSR count). The average Bonchev–Trinajstić information content (AvgIpc) is 3.84. The van der Waals surface area contributed by atoms with Crippen LogP contribution in [0.2, 0.25) is 0 Å². The van der Waals surface area contributed by atoms with Crippen molar-refractivity contribution < 1.29 is 28.0 Å². The van der Waals surface area contributed by atoms with Crippen LogP contribution in [0.15, 0.2) is 103 Å². The van der Waals surface area contributed by atoms with Gasteiger partial charge in [-0.3, -0.25) is 29.0 Å². The number of likely N-dealkylation sites (tertiary alicyclic amines) is 3. The zero-order chi connectivity index (χ0) is 36.9. The molecular formula is C42H37F2N5O4. The third-order valence-corrected chi connectivity index (χ3v) is 12.5. The molecule has 11 heteroatoms. The number of rotatable bonds is 3. The van der Waals surface area contributed by atoms with E-state index < -0.39 is 45.9 Å². The predicted octanol–water partition coefficient (Wildman–Crippen LogP) is 5.12. The number of amides is 3. The van der Waals surface area contributed by atoms with Crippen molar-refractivity contribution in [3.05, 3.63) is 137 Å². The molecule has 3 fully saturated rings. The van der Waals surface area contributed by atoms with Crippen LogP contribution in [0.25, 0.3) is 6.08 Å². The second-order valence-electron chi connectivity index (χ2n) is 14.9. The number of para-hydroxylation sites is 2. The molecule has 3 amide bonds. The molecule has 5 aliphatic heterocycles. The van der Waals surface area contributed by atoms with Gasteiger partial charge in [-0.2, -0.15) is 0 Å². The first-order valence-electron chi connectivity index (χ1n) is 17.8. The van der Waals surface area contributed by atoms with Gasteiger partial charge in [0.15, 0.2) is 5.78 Å². The molecule has 9 nitrogen and oxygen atoms in total. The van der Waals surface area contributed by atoms with Crippen LogP contribution in [-0.2, 0) is 30.3 Å². The van der Waals surface area contributed by atoms with E-state index >= 15 is 9.59 Å². The molecule has 0 aliphatic carbocycles. The summed E-state index contributed by atoms with van der Waals surface area (Å²) in [5, 5.41) is 6.06. The van der Waals surface area contributed by atoms with Crippen LogP contribution >= 0.6 is 0 Å². The van der Waals surface area contributed by atoms with Crippen molar-refractivity contribution in [2.75, 3.05) is 50.9 Å². The van der Waals surface area contributed by atoms with Crippen LogP contribution in [0.4, 0.5) is 20.2 Å². The average molecular weight is 714 g/mol. The number of anilines is 2. The Morgan fingerprint density at radius 3 is 2.08 bits per heavy atom. The molecule has 3 spiro atoms. The van der Waals surface area contributed by atoms with Crippen molar-refractivity contribution in [1.82, 2.24) is 14.7 Å². The topological polar surface area (TPSA) is 102 Å². The summed E-state index contributed by atoms with van der Waals surface area (Å²) in [6.45, 7) is 0.501. The standard InChI is InChI=1S/C42H37F2N5O4/c1-47-20-19-32(41(47)30-7-3-5-9-34(30)45-38(41)52)37(51)49-22-27(21-25-11-15-28(43)16-12-25)36(50)40(24-49)33(26-13-17-29(44)18-14-26)23-48(2)42(40)31-8-4-6-10-35(31)46-39(42)53/h3-18,21,32-33H,19-20,22-24H2,1-2H3,(H,45,52)(H,46,53)/b27-21+/t32-,33-,40+,41-,42+/m0/s1. The van der Waals surface area contributed by atoms with Crippen LogP contribution in [-0.4, -0.2) is 78.5 Å². The van der Waals surface area contributed by atoms with Crippen LogP contribution < -0.4 is 10.6 Å². The van der Waals surface area contributed by atoms with Crippen molar-refractivity contribution in [2.45, 2.75) is 23.4 Å². The van der Waals surface area contributed by atoms with Crippen molar-refractivity contribution in [2.24, 2.45) is 11.3 Å². The number of carbonyl (C=O) groups is 4. The minimum absolute atomic E-state index is 0.0877. The summed E-state index contributed by atoms with van der Waals surface area (Å²) in [6, 6.07) is 26.4. The summed E-state index contributed by atoms with van der Waals surface area (Å²) < 4.78 is 28.5. The fourth-order valence-electron chi connectivity index (χ4n) is 10.4. The van der Waals surface area contributed by atoms with Crippen LogP contribution in [0.1, 0.15) is 34.6 Å². The summed E-state index contributed by atoms with van der Waals surface area (Å²) in [4.78, 5) is 65.5. The number of ketones is 1. The fraction of sp³-hybridized carbons (Fsp3) is 0.286. The van der Waals surface area contributed by atoms with Gasteiger partial charge in [-0.25, -0.2) is 8.78 Å². The maximum atomic E-state index is 15.7. The molecule has 5 heterocycles. The number of carbonyl (C=O) groups excluding carboxylic acids is 4. The van der Waals surface area contributed by atoms with Gasteiger partial charge in [-0.15, -0.1) is 0 Å². The third-order valence-electron chi connectivity index (χ3n) is 12.5. The molecule has 0 bridgehead atoms. The zero-order valence-electron chi connectivity index (χ0n) is 29.2. The van der Waals surface area contributed by atoms with Gasteiger partial charge in [0.05, 0.1) is 11.3 Å². The van der Waals surface area contributed by atoms with Crippen molar-refractivity contribution in [3.63, 3.8) is 0 Å². The Morgan fingerprint density at radius 1 is 0.774 bits per heavy atom. The highest BCUT2D eigenvalue weighted by Crippen LogP contribution is 2.64. The molecule has 5 atom stereocenters. The lowest BCUT2D eigenvalue weighted by atomic mass is 9.56. The van der Waals surface area contributed by atoms with E-state index in [-0.39, 0.29) is 42.8 Å². The molecule has 4 aromatic rings. The highest BCUT2D eigenvalue weighted by atomic mass is 19.1. The number of benzene rings is 4. The lowest BCUT2D eigenvalue weighted by Crippen LogP contribution is -2.67. The Balaban J connectivity index is 1.27. The van der Waals surface area contributed by atoms with Crippen LogP contribution in [0.5, 0.6) is 0 Å². The van der Waals surface area contributed by atoms with E-state index in [0.717, 1.165) is 5.56 Å². The normalized spacial score (nSPS) is 30.1. The molecule has 0 saturated carbocycles. The number of nitrogens with one attached hydrogen (secondary N) is 2. The van der Waals surface area contributed by atoms with Gasteiger partial charge in [-0.1, -0.05) is 60.7 Å². The van der Waals surface area contributed by atoms with Gasteiger partial charge in [-0.05, 0) is 74.1 Å². The molecule has 4 aromatic carbocycles. The van der Waals surface area contributed by atoms with Gasteiger partial charge >= 0.3 is 0 Å². The minimum Gasteiger partial charge on any atom is -0.337 e. The fourth-order valence-corrected chi connectivity index (χ4v) is 10.4.